The molecule has 0 aliphatic carbocycles. The van der Waals surface area contributed by atoms with Gasteiger partial charge in [0.2, 0.25) is 0 Å². The van der Waals surface area contributed by atoms with Crippen molar-refractivity contribution in [1.82, 2.24) is 34.4 Å². The van der Waals surface area contributed by atoms with Gasteiger partial charge in [-0.3, -0.25) is 4.79 Å². The van der Waals surface area contributed by atoms with Crippen LogP contribution in [0.1, 0.15) is 18.7 Å². The molecule has 0 aliphatic heterocycles. The summed E-state index contributed by atoms with van der Waals surface area (Å²) in [6.45, 7) is 10.6. The molecule has 0 amide bonds. The van der Waals surface area contributed by atoms with Gasteiger partial charge in [0.25, 0.3) is 5.56 Å². The first-order chi connectivity index (χ1) is 16.8. The number of ether oxygens (including phenoxy) is 1. The van der Waals surface area contributed by atoms with Crippen molar-refractivity contribution in [3.63, 3.8) is 0 Å². The fourth-order valence-corrected chi connectivity index (χ4v) is 5.84. The Bertz CT molecular complexity index is 1560. The molecule has 1 aromatic carbocycles. The van der Waals surface area contributed by atoms with Crippen molar-refractivity contribution < 1.29 is 4.74 Å². The van der Waals surface area contributed by atoms with Crippen LogP contribution in [0.4, 0.5) is 0 Å². The molecular weight excluding hydrogens is 478 g/mol. The summed E-state index contributed by atoms with van der Waals surface area (Å²) in [6.07, 6.45) is 3.55. The Morgan fingerprint density at radius 2 is 1.91 bits per heavy atom. The van der Waals surface area contributed by atoms with Gasteiger partial charge in [-0.05, 0) is 31.6 Å². The first-order valence-electron chi connectivity index (χ1n) is 11.8. The molecule has 5 aromatic rings. The highest BCUT2D eigenvalue weighted by Crippen LogP contribution is 2.31. The van der Waals surface area contributed by atoms with E-state index in [-0.39, 0.29) is 11.7 Å². The van der Waals surface area contributed by atoms with E-state index in [2.05, 4.69) is 40.1 Å². The zero-order chi connectivity index (χ0) is 24.7. The summed E-state index contributed by atoms with van der Waals surface area (Å²) in [5.41, 5.74) is 5.08. The lowest BCUT2D eigenvalue weighted by atomic mass is 10.1. The molecule has 0 saturated heterocycles. The third-order valence-corrected chi connectivity index (χ3v) is 8.95. The van der Waals surface area contributed by atoms with Crippen LogP contribution in [0.2, 0.25) is 25.7 Å². The molecular formula is C24H31N7O2SSi. The van der Waals surface area contributed by atoms with E-state index in [4.69, 9.17) is 4.74 Å². The first-order valence-corrected chi connectivity index (χ1v) is 16.4. The highest BCUT2D eigenvalue weighted by atomic mass is 32.1. The van der Waals surface area contributed by atoms with E-state index in [9.17, 15) is 4.79 Å². The Hall–Kier alpha value is -2.86. The van der Waals surface area contributed by atoms with Crippen molar-refractivity contribution in [3.05, 3.63) is 52.0 Å². The Labute approximate surface area is 208 Å². The Morgan fingerprint density at radius 3 is 2.69 bits per heavy atom. The molecule has 4 aromatic heterocycles. The number of thiazole rings is 1. The lowest BCUT2D eigenvalue weighted by molar-refractivity contribution is 0.0817. The highest BCUT2D eigenvalue weighted by molar-refractivity contribution is 7.17. The van der Waals surface area contributed by atoms with Gasteiger partial charge in [-0.2, -0.15) is 10.2 Å². The monoisotopic (exact) mass is 509 g/mol. The quantitative estimate of drug-likeness (QED) is 0.236. The summed E-state index contributed by atoms with van der Waals surface area (Å²) >= 11 is 1.53. The zero-order valence-corrected chi connectivity index (χ0v) is 22.6. The SMILES string of the molecule is CNC(C)n1c2ncsc2c2cnn(Cc3cccc4c3cnn4COCC[Si](C)(C)C)c(=O)c21. The third kappa shape index (κ3) is 4.44. The maximum atomic E-state index is 13.6. The molecule has 184 valence electrons. The standard InChI is InChI=1S/C24H31N7O2SSi/c1-16(25-2)31-21-19(22-23(31)26-14-34-22)12-27-29(24(21)32)13-17-7-6-8-20-18(17)11-28-30(20)15-33-9-10-35(3,4)5/h6-8,11-12,14,16,25H,9-10,13,15H2,1-5H3. The minimum atomic E-state index is -1.13. The van der Waals surface area contributed by atoms with Gasteiger partial charge in [-0.25, -0.2) is 14.3 Å². The normalized spacial score (nSPS) is 13.4. The molecule has 4 heterocycles. The molecule has 0 spiro atoms. The third-order valence-electron chi connectivity index (χ3n) is 6.39. The van der Waals surface area contributed by atoms with E-state index in [1.54, 1.807) is 6.20 Å². The van der Waals surface area contributed by atoms with Crippen LogP contribution in [0.25, 0.3) is 32.2 Å². The molecule has 0 fully saturated rings. The zero-order valence-electron chi connectivity index (χ0n) is 20.8. The molecule has 0 bridgehead atoms. The summed E-state index contributed by atoms with van der Waals surface area (Å²) in [5.74, 6) is 0. The number of rotatable bonds is 9. The number of benzene rings is 1. The maximum Gasteiger partial charge on any atom is 0.291 e. The fourth-order valence-electron chi connectivity index (χ4n) is 4.29. The second-order valence-corrected chi connectivity index (χ2v) is 16.5. The van der Waals surface area contributed by atoms with E-state index in [1.165, 1.54) is 16.0 Å². The van der Waals surface area contributed by atoms with Crippen molar-refractivity contribution >= 4 is 51.6 Å². The second-order valence-electron chi connectivity index (χ2n) is 10.1. The van der Waals surface area contributed by atoms with E-state index in [0.29, 0.717) is 18.8 Å². The molecule has 0 aliphatic rings. The Balaban J connectivity index is 1.48. The van der Waals surface area contributed by atoms with E-state index >= 15 is 0 Å². The number of nitrogens with one attached hydrogen (secondary N) is 1. The van der Waals surface area contributed by atoms with E-state index in [0.717, 1.165) is 44.9 Å². The molecule has 0 radical (unpaired) electrons. The molecule has 5 rings (SSSR count). The van der Waals surface area contributed by atoms with Gasteiger partial charge in [-0.1, -0.05) is 31.8 Å². The smallest absolute Gasteiger partial charge is 0.291 e. The van der Waals surface area contributed by atoms with Crippen LogP contribution in [0.5, 0.6) is 0 Å². The van der Waals surface area contributed by atoms with Crippen molar-refractivity contribution in [2.24, 2.45) is 0 Å². The van der Waals surface area contributed by atoms with Gasteiger partial charge in [0.05, 0.1) is 40.8 Å². The minimum absolute atomic E-state index is 0.0803. The number of hydrogen-bond acceptors (Lipinski definition) is 7. The van der Waals surface area contributed by atoms with Crippen LogP contribution in [-0.4, -0.2) is 50.8 Å². The minimum Gasteiger partial charge on any atom is -0.360 e. The predicted molar refractivity (Wildman–Crippen MR) is 144 cm³/mol. The van der Waals surface area contributed by atoms with Crippen LogP contribution in [-0.2, 0) is 18.0 Å². The molecule has 1 unspecified atom stereocenters. The van der Waals surface area contributed by atoms with Crippen LogP contribution >= 0.6 is 11.3 Å². The van der Waals surface area contributed by atoms with Gasteiger partial charge in [0, 0.05) is 25.5 Å². The maximum absolute atomic E-state index is 13.6. The van der Waals surface area contributed by atoms with Crippen LogP contribution in [0.3, 0.4) is 0 Å². The number of aromatic nitrogens is 6. The van der Waals surface area contributed by atoms with Crippen molar-refractivity contribution in [3.8, 4) is 0 Å². The lowest BCUT2D eigenvalue weighted by Crippen LogP contribution is -2.28. The summed E-state index contributed by atoms with van der Waals surface area (Å²) in [6, 6.07) is 7.17. The summed E-state index contributed by atoms with van der Waals surface area (Å²) in [4.78, 5) is 18.1. The average Bonchev–Trinajstić information content (AvgIpc) is 3.52. The van der Waals surface area contributed by atoms with Crippen LogP contribution in [0.15, 0.2) is 40.9 Å². The molecule has 11 heteroatoms. The Kier molecular flexibility index (Phi) is 6.34. The van der Waals surface area contributed by atoms with Crippen LogP contribution < -0.4 is 10.9 Å². The first kappa shape index (κ1) is 23.9. The topological polar surface area (TPSA) is 91.8 Å². The van der Waals surface area contributed by atoms with Gasteiger partial charge in [0.15, 0.2) is 5.65 Å². The average molecular weight is 510 g/mol. The number of nitrogens with zero attached hydrogens (tertiary/aromatic N) is 6. The number of hydrogen-bond donors (Lipinski definition) is 1. The number of fused-ring (bicyclic) bond motifs is 4. The van der Waals surface area contributed by atoms with Crippen molar-refractivity contribution in [2.75, 3.05) is 13.7 Å². The van der Waals surface area contributed by atoms with E-state index < -0.39 is 8.07 Å². The van der Waals surface area contributed by atoms with Gasteiger partial charge in [0.1, 0.15) is 12.2 Å². The Morgan fingerprint density at radius 1 is 1.14 bits per heavy atom. The lowest BCUT2D eigenvalue weighted by Gasteiger charge is -2.15. The molecule has 35 heavy (non-hydrogen) atoms. The predicted octanol–water partition coefficient (Wildman–Crippen LogP) is 4.26. The van der Waals surface area contributed by atoms with Gasteiger partial charge >= 0.3 is 0 Å². The van der Waals surface area contributed by atoms with Gasteiger partial charge in [-0.15, -0.1) is 11.3 Å². The second kappa shape index (κ2) is 9.30. The van der Waals surface area contributed by atoms with Crippen molar-refractivity contribution in [2.45, 2.75) is 52.1 Å². The highest BCUT2D eigenvalue weighted by Gasteiger charge is 2.21. The fraction of sp³-hybridized carbons (Fsp3) is 0.417. The van der Waals surface area contributed by atoms with E-state index in [1.807, 2.05) is 53.1 Å². The molecule has 1 atom stereocenters. The molecule has 9 nitrogen and oxygen atoms in total. The summed E-state index contributed by atoms with van der Waals surface area (Å²) < 4.78 is 12.3. The molecule has 0 saturated carbocycles. The summed E-state index contributed by atoms with van der Waals surface area (Å²) in [5, 5.41) is 14.1. The van der Waals surface area contributed by atoms with Crippen LogP contribution in [0, 0.1) is 0 Å². The largest absolute Gasteiger partial charge is 0.360 e. The van der Waals surface area contributed by atoms with Crippen molar-refractivity contribution in [1.29, 1.82) is 0 Å². The molecule has 1 N–H and O–H groups in total. The summed E-state index contributed by atoms with van der Waals surface area (Å²) in [7, 11) is 0.743. The van der Waals surface area contributed by atoms with Gasteiger partial charge < -0.3 is 14.6 Å².